The van der Waals surface area contributed by atoms with Crippen LogP contribution in [-0.4, -0.2) is 72.5 Å². The first-order chi connectivity index (χ1) is 10.2. The molecule has 1 aliphatic rings. The van der Waals surface area contributed by atoms with Crippen LogP contribution in [0.15, 0.2) is 22.7 Å². The Bertz CT molecular complexity index is 562. The van der Waals surface area contributed by atoms with Gasteiger partial charge in [-0.25, -0.2) is 18.4 Å². The molecule has 1 rings (SSSR count). The van der Waals surface area contributed by atoms with E-state index in [9.17, 15) is 8.42 Å². The highest BCUT2D eigenvalue weighted by Gasteiger charge is 2.21. The Morgan fingerprint density at radius 2 is 2.23 bits per heavy atom. The van der Waals surface area contributed by atoms with Gasteiger partial charge in [0.25, 0.3) is 0 Å². The molecule has 0 aliphatic carbocycles. The summed E-state index contributed by atoms with van der Waals surface area (Å²) >= 11 is 1.98. The topological polar surface area (TPSA) is 74.6 Å². The second-order valence-electron chi connectivity index (χ2n) is 5.13. The van der Waals surface area contributed by atoms with Crippen molar-refractivity contribution in [1.29, 1.82) is 0 Å². The van der Waals surface area contributed by atoms with Crippen molar-refractivity contribution < 1.29 is 13.2 Å². The van der Waals surface area contributed by atoms with Gasteiger partial charge in [-0.3, -0.25) is 0 Å². The normalized spacial score (nSPS) is 22.4. The number of hydrazone groups is 1. The molecule has 0 radical (unpaired) electrons. The fraction of sp³-hybridized carbons (Fsp3) is 0.692. The third-order valence-electron chi connectivity index (χ3n) is 3.27. The fourth-order valence-corrected chi connectivity index (χ4v) is 2.81. The molecule has 1 aliphatic heterocycles. The molecule has 126 valence electrons. The van der Waals surface area contributed by atoms with E-state index < -0.39 is 15.2 Å². The van der Waals surface area contributed by atoms with E-state index in [2.05, 4.69) is 28.5 Å². The SMILES string of the molecule is C=C/C(=N\N(C)/C(I)=N\C(C)S(C)(=O)=O)N1CCOC[C@H]1C. The Morgan fingerprint density at radius 1 is 1.59 bits per heavy atom. The van der Waals surface area contributed by atoms with E-state index >= 15 is 0 Å². The lowest BCUT2D eigenvalue weighted by atomic mass is 10.2. The predicted octanol–water partition coefficient (Wildman–Crippen LogP) is 1.32. The van der Waals surface area contributed by atoms with Gasteiger partial charge in [0, 0.05) is 42.4 Å². The highest BCUT2D eigenvalue weighted by molar-refractivity contribution is 14.1. The van der Waals surface area contributed by atoms with E-state index in [-0.39, 0.29) is 6.04 Å². The summed E-state index contributed by atoms with van der Waals surface area (Å²) < 4.78 is 28.8. The van der Waals surface area contributed by atoms with Gasteiger partial charge in [0.2, 0.25) is 0 Å². The third-order valence-corrected chi connectivity index (χ3v) is 5.59. The highest BCUT2D eigenvalue weighted by Crippen LogP contribution is 2.11. The second kappa shape index (κ2) is 8.25. The van der Waals surface area contributed by atoms with Gasteiger partial charge >= 0.3 is 0 Å². The van der Waals surface area contributed by atoms with E-state index in [1.807, 2.05) is 22.6 Å². The standard InChI is InChI=1S/C13H23IN4O3S/c1-6-12(18-7-8-21-9-10(18)2)16-17(4)13(14)15-11(3)22(5,19)20/h6,10-11H,1,7-9H2,2-5H3/b15-13-,16-12+/t10-,11?/m1/s1. The number of hydrogen-bond acceptors (Lipinski definition) is 5. The van der Waals surface area contributed by atoms with E-state index in [0.29, 0.717) is 17.1 Å². The Morgan fingerprint density at radius 3 is 2.73 bits per heavy atom. The number of aliphatic imine (C=N–C) groups is 1. The number of sulfone groups is 1. The van der Waals surface area contributed by atoms with Crippen molar-refractivity contribution >= 4 is 42.1 Å². The first-order valence-electron chi connectivity index (χ1n) is 6.88. The van der Waals surface area contributed by atoms with Crippen molar-refractivity contribution in [2.75, 3.05) is 33.1 Å². The lowest BCUT2D eigenvalue weighted by molar-refractivity contribution is 0.0331. The van der Waals surface area contributed by atoms with Crippen molar-refractivity contribution in [3.63, 3.8) is 0 Å². The van der Waals surface area contributed by atoms with Crippen LogP contribution in [-0.2, 0) is 14.6 Å². The fourth-order valence-electron chi connectivity index (χ4n) is 1.81. The molecule has 9 heteroatoms. The van der Waals surface area contributed by atoms with Crippen molar-refractivity contribution in [1.82, 2.24) is 9.91 Å². The molecule has 0 aromatic heterocycles. The first-order valence-corrected chi connectivity index (χ1v) is 9.91. The van der Waals surface area contributed by atoms with Gasteiger partial charge in [-0.05, 0) is 19.9 Å². The van der Waals surface area contributed by atoms with Gasteiger partial charge < -0.3 is 9.64 Å². The predicted molar refractivity (Wildman–Crippen MR) is 98.1 cm³/mol. The van der Waals surface area contributed by atoms with Crippen LogP contribution < -0.4 is 0 Å². The van der Waals surface area contributed by atoms with Gasteiger partial charge in [0.1, 0.15) is 5.84 Å². The van der Waals surface area contributed by atoms with Crippen LogP contribution in [0.5, 0.6) is 0 Å². The zero-order valence-electron chi connectivity index (χ0n) is 13.4. The number of ether oxygens (including phenoxy) is 1. The van der Waals surface area contributed by atoms with Crippen molar-refractivity contribution in [2.24, 2.45) is 10.1 Å². The summed E-state index contributed by atoms with van der Waals surface area (Å²) in [5.41, 5.74) is 0. The molecular weight excluding hydrogens is 419 g/mol. The van der Waals surface area contributed by atoms with Gasteiger partial charge in [-0.15, -0.1) is 0 Å². The zero-order chi connectivity index (χ0) is 16.9. The number of halogens is 1. The van der Waals surface area contributed by atoms with Crippen molar-refractivity contribution in [3.05, 3.63) is 12.7 Å². The number of morpholine rings is 1. The maximum atomic E-state index is 11.5. The summed E-state index contributed by atoms with van der Waals surface area (Å²) in [7, 11) is -1.48. The second-order valence-corrected chi connectivity index (χ2v) is 8.44. The summed E-state index contributed by atoms with van der Waals surface area (Å²) in [6, 6.07) is 0.212. The largest absolute Gasteiger partial charge is 0.377 e. The number of amidine groups is 2. The molecule has 1 saturated heterocycles. The van der Waals surface area contributed by atoms with Crippen LogP contribution in [0, 0.1) is 0 Å². The van der Waals surface area contributed by atoms with Gasteiger partial charge in [0.05, 0.1) is 19.3 Å². The number of hydrogen-bond donors (Lipinski definition) is 0. The molecule has 0 saturated carbocycles. The molecule has 0 aromatic rings. The van der Waals surface area contributed by atoms with Crippen LogP contribution in [0.1, 0.15) is 13.8 Å². The molecule has 0 spiro atoms. The number of nitrogens with zero attached hydrogens (tertiary/aromatic N) is 4. The summed E-state index contributed by atoms with van der Waals surface area (Å²) in [6.45, 7) is 9.45. The average molecular weight is 442 g/mol. The maximum Gasteiger partial charge on any atom is 0.184 e. The minimum Gasteiger partial charge on any atom is -0.377 e. The van der Waals surface area contributed by atoms with E-state index in [0.717, 1.165) is 12.4 Å². The Kier molecular flexibility index (Phi) is 7.26. The van der Waals surface area contributed by atoms with Crippen LogP contribution in [0.3, 0.4) is 0 Å². The Hall–Kier alpha value is -0.680. The molecule has 0 bridgehead atoms. The average Bonchev–Trinajstić information content (AvgIpc) is 2.44. The molecule has 1 unspecified atom stereocenters. The summed E-state index contributed by atoms with van der Waals surface area (Å²) in [6.07, 6.45) is 2.85. The molecule has 22 heavy (non-hydrogen) atoms. The lowest BCUT2D eigenvalue weighted by Gasteiger charge is -2.35. The number of rotatable bonds is 4. The monoisotopic (exact) mass is 442 g/mol. The first kappa shape index (κ1) is 19.4. The minimum atomic E-state index is -3.21. The molecule has 7 nitrogen and oxygen atoms in total. The summed E-state index contributed by atoms with van der Waals surface area (Å²) in [5.74, 6) is 0.717. The van der Waals surface area contributed by atoms with Crippen molar-refractivity contribution in [2.45, 2.75) is 25.3 Å². The Balaban J connectivity index is 2.92. The van der Waals surface area contributed by atoms with Crippen LogP contribution >= 0.6 is 22.6 Å². The minimum absolute atomic E-state index is 0.212. The molecule has 1 heterocycles. The molecule has 1 fully saturated rings. The van der Waals surface area contributed by atoms with Crippen LogP contribution in [0.25, 0.3) is 0 Å². The summed E-state index contributed by atoms with van der Waals surface area (Å²) in [4.78, 5) is 6.26. The van der Waals surface area contributed by atoms with Gasteiger partial charge in [-0.1, -0.05) is 6.58 Å². The van der Waals surface area contributed by atoms with E-state index in [1.54, 1.807) is 25.1 Å². The molecule has 2 atom stereocenters. The quantitative estimate of drug-likeness (QED) is 0.216. The third kappa shape index (κ3) is 5.51. The van der Waals surface area contributed by atoms with Crippen LogP contribution in [0.4, 0.5) is 0 Å². The molecule has 0 amide bonds. The smallest absolute Gasteiger partial charge is 0.184 e. The van der Waals surface area contributed by atoms with Gasteiger partial charge in [-0.2, -0.15) is 5.10 Å². The molecule has 0 aromatic carbocycles. The van der Waals surface area contributed by atoms with E-state index in [1.165, 1.54) is 6.26 Å². The zero-order valence-corrected chi connectivity index (χ0v) is 16.3. The molecular formula is C13H23IN4O3S. The summed E-state index contributed by atoms with van der Waals surface area (Å²) in [5, 5.41) is 5.23. The van der Waals surface area contributed by atoms with Crippen LogP contribution in [0.2, 0.25) is 0 Å². The Labute approximate surface area is 146 Å². The molecule has 0 N–H and O–H groups in total. The lowest BCUT2D eigenvalue weighted by Crippen LogP contribution is -2.47. The van der Waals surface area contributed by atoms with Crippen molar-refractivity contribution in [3.8, 4) is 0 Å². The highest BCUT2D eigenvalue weighted by atomic mass is 127. The van der Waals surface area contributed by atoms with Gasteiger partial charge in [0.15, 0.2) is 19.1 Å². The van der Waals surface area contributed by atoms with E-state index in [4.69, 9.17) is 4.74 Å². The maximum absolute atomic E-state index is 11.5.